The molecule has 0 unspecified atom stereocenters. The summed E-state index contributed by atoms with van der Waals surface area (Å²) < 4.78 is 4.51. The molecule has 1 amide bonds. The predicted molar refractivity (Wildman–Crippen MR) is 48.6 cm³/mol. The van der Waals surface area contributed by atoms with Gasteiger partial charge in [0.25, 0.3) is 5.91 Å². The molecule has 0 aromatic carbocycles. The van der Waals surface area contributed by atoms with Crippen molar-refractivity contribution in [2.45, 2.75) is 12.8 Å². The Kier molecular flexibility index (Phi) is 2.40. The summed E-state index contributed by atoms with van der Waals surface area (Å²) in [4.78, 5) is 23.8. The number of amides is 1. The molecule has 0 spiro atoms. The van der Waals surface area contributed by atoms with Gasteiger partial charge < -0.3 is 14.5 Å². The van der Waals surface area contributed by atoms with Crippen molar-refractivity contribution in [1.82, 2.24) is 10.1 Å². The van der Waals surface area contributed by atoms with Crippen LogP contribution in [0.5, 0.6) is 0 Å². The van der Waals surface area contributed by atoms with Crippen molar-refractivity contribution < 1.29 is 19.2 Å². The summed E-state index contributed by atoms with van der Waals surface area (Å²) in [6.07, 6.45) is 1.96. The monoisotopic (exact) mass is 210 g/mol. The van der Waals surface area contributed by atoms with E-state index in [2.05, 4.69) is 9.68 Å². The minimum atomic E-state index is -1.22. The van der Waals surface area contributed by atoms with Gasteiger partial charge in [0.1, 0.15) is 0 Å². The lowest BCUT2D eigenvalue weighted by atomic mass is 10.3. The highest BCUT2D eigenvalue weighted by molar-refractivity contribution is 5.94. The van der Waals surface area contributed by atoms with E-state index in [0.717, 1.165) is 18.9 Å². The first-order chi connectivity index (χ1) is 7.18. The summed E-state index contributed by atoms with van der Waals surface area (Å²) in [6.45, 7) is 1.40. The number of carbonyl (C=O) groups excluding carboxylic acids is 1. The third-order valence-corrected chi connectivity index (χ3v) is 2.33. The molecule has 0 saturated carbocycles. The second-order valence-corrected chi connectivity index (χ2v) is 3.38. The number of rotatable bonds is 2. The van der Waals surface area contributed by atoms with Crippen LogP contribution in [0, 0.1) is 0 Å². The Morgan fingerprint density at radius 2 is 2.07 bits per heavy atom. The topological polar surface area (TPSA) is 83.6 Å². The van der Waals surface area contributed by atoms with Gasteiger partial charge in [-0.25, -0.2) is 4.79 Å². The summed E-state index contributed by atoms with van der Waals surface area (Å²) in [5, 5.41) is 12.0. The van der Waals surface area contributed by atoms with Crippen molar-refractivity contribution in [1.29, 1.82) is 0 Å². The van der Waals surface area contributed by atoms with Gasteiger partial charge in [0.2, 0.25) is 5.76 Å². The van der Waals surface area contributed by atoms with E-state index in [1.165, 1.54) is 0 Å². The Balaban J connectivity index is 2.14. The number of hydrogen-bond donors (Lipinski definition) is 1. The fraction of sp³-hybridized carbons (Fsp3) is 0.444. The van der Waals surface area contributed by atoms with E-state index in [9.17, 15) is 9.59 Å². The molecule has 80 valence electrons. The Hall–Kier alpha value is -1.85. The van der Waals surface area contributed by atoms with Crippen LogP contribution in [0.1, 0.15) is 33.9 Å². The fourth-order valence-corrected chi connectivity index (χ4v) is 1.56. The maximum Gasteiger partial charge on any atom is 0.374 e. The van der Waals surface area contributed by atoms with Crippen molar-refractivity contribution in [3.8, 4) is 0 Å². The number of carboxylic acid groups (broad SMARTS) is 1. The van der Waals surface area contributed by atoms with Crippen LogP contribution in [0.3, 0.4) is 0 Å². The molecule has 0 aliphatic carbocycles. The predicted octanol–water partition coefficient (Wildman–Crippen LogP) is 0.609. The lowest BCUT2D eigenvalue weighted by Gasteiger charge is -2.12. The molecular weight excluding hydrogens is 200 g/mol. The molecule has 6 nitrogen and oxygen atoms in total. The van der Waals surface area contributed by atoms with Crippen LogP contribution >= 0.6 is 0 Å². The summed E-state index contributed by atoms with van der Waals surface area (Å²) in [6, 6.07) is 1.16. The summed E-state index contributed by atoms with van der Waals surface area (Å²) in [5.41, 5.74) is 0.0642. The molecule has 1 aliphatic rings. The van der Waals surface area contributed by atoms with Crippen LogP contribution < -0.4 is 0 Å². The second kappa shape index (κ2) is 3.72. The molecule has 6 heteroatoms. The number of nitrogens with zero attached hydrogens (tertiary/aromatic N) is 2. The largest absolute Gasteiger partial charge is 0.475 e. The maximum absolute atomic E-state index is 11.7. The fourth-order valence-electron chi connectivity index (χ4n) is 1.56. The molecular formula is C9H10N2O4. The van der Waals surface area contributed by atoms with Crippen LogP contribution in [0.2, 0.25) is 0 Å². The zero-order chi connectivity index (χ0) is 10.8. The molecule has 0 atom stereocenters. The quantitative estimate of drug-likeness (QED) is 0.773. The number of hydrogen-bond acceptors (Lipinski definition) is 4. The van der Waals surface area contributed by atoms with Crippen molar-refractivity contribution in [2.24, 2.45) is 0 Å². The lowest BCUT2D eigenvalue weighted by molar-refractivity contribution is 0.0649. The molecule has 1 aliphatic heterocycles. The Labute approximate surface area is 85.5 Å². The van der Waals surface area contributed by atoms with Gasteiger partial charge in [-0.1, -0.05) is 5.16 Å². The van der Waals surface area contributed by atoms with E-state index in [4.69, 9.17) is 5.11 Å². The molecule has 1 saturated heterocycles. The lowest BCUT2D eigenvalue weighted by Crippen LogP contribution is -2.27. The van der Waals surface area contributed by atoms with Crippen LogP contribution in [0.25, 0.3) is 0 Å². The molecule has 1 aromatic rings. The van der Waals surface area contributed by atoms with Gasteiger partial charge in [-0.3, -0.25) is 4.79 Å². The minimum absolute atomic E-state index is 0.0642. The number of aromatic nitrogens is 1. The molecule has 1 aromatic heterocycles. The zero-order valence-electron chi connectivity index (χ0n) is 7.97. The van der Waals surface area contributed by atoms with E-state index < -0.39 is 5.97 Å². The molecule has 1 fully saturated rings. The zero-order valence-corrected chi connectivity index (χ0v) is 7.97. The van der Waals surface area contributed by atoms with Gasteiger partial charge in [0.15, 0.2) is 5.69 Å². The van der Waals surface area contributed by atoms with Crippen LogP contribution in [0.4, 0.5) is 0 Å². The smallest absolute Gasteiger partial charge is 0.374 e. The maximum atomic E-state index is 11.7. The Morgan fingerprint density at radius 3 is 2.60 bits per heavy atom. The van der Waals surface area contributed by atoms with Crippen LogP contribution in [-0.2, 0) is 0 Å². The van der Waals surface area contributed by atoms with Gasteiger partial charge in [0, 0.05) is 19.2 Å². The highest BCUT2D eigenvalue weighted by Crippen LogP contribution is 2.13. The third kappa shape index (κ3) is 1.83. The summed E-state index contributed by atoms with van der Waals surface area (Å²) in [7, 11) is 0. The van der Waals surface area contributed by atoms with E-state index in [1.807, 2.05) is 0 Å². The van der Waals surface area contributed by atoms with Crippen molar-refractivity contribution in [3.63, 3.8) is 0 Å². The molecule has 15 heavy (non-hydrogen) atoms. The standard InChI is InChI=1S/C9H10N2O4/c12-8(11-3-1-2-4-11)6-5-7(9(13)14)15-10-6/h5H,1-4H2,(H,13,14). The van der Waals surface area contributed by atoms with Crippen molar-refractivity contribution in [3.05, 3.63) is 17.5 Å². The van der Waals surface area contributed by atoms with Gasteiger partial charge in [0.05, 0.1) is 0 Å². The third-order valence-electron chi connectivity index (χ3n) is 2.33. The number of carbonyl (C=O) groups is 2. The first-order valence-corrected chi connectivity index (χ1v) is 4.68. The molecule has 0 bridgehead atoms. The molecule has 1 N–H and O–H groups in total. The van der Waals surface area contributed by atoms with E-state index in [0.29, 0.717) is 13.1 Å². The Morgan fingerprint density at radius 1 is 1.40 bits per heavy atom. The Bertz CT molecular complexity index is 393. The first-order valence-electron chi connectivity index (χ1n) is 4.68. The van der Waals surface area contributed by atoms with Gasteiger partial charge in [-0.05, 0) is 12.8 Å². The van der Waals surface area contributed by atoms with E-state index >= 15 is 0 Å². The minimum Gasteiger partial charge on any atom is -0.475 e. The van der Waals surface area contributed by atoms with Crippen LogP contribution in [-0.4, -0.2) is 40.1 Å². The number of likely N-dealkylation sites (tertiary alicyclic amines) is 1. The SMILES string of the molecule is O=C(O)c1cc(C(=O)N2CCCC2)no1. The van der Waals surface area contributed by atoms with Gasteiger partial charge >= 0.3 is 5.97 Å². The highest BCUT2D eigenvalue weighted by atomic mass is 16.5. The summed E-state index contributed by atoms with van der Waals surface area (Å²) in [5.74, 6) is -1.79. The normalized spacial score (nSPS) is 15.6. The average molecular weight is 210 g/mol. The first kappa shape index (κ1) is 9.70. The highest BCUT2D eigenvalue weighted by Gasteiger charge is 2.23. The van der Waals surface area contributed by atoms with Crippen molar-refractivity contribution >= 4 is 11.9 Å². The molecule has 2 rings (SSSR count). The molecule has 0 radical (unpaired) electrons. The number of aromatic carboxylic acids is 1. The molecule has 2 heterocycles. The van der Waals surface area contributed by atoms with E-state index in [-0.39, 0.29) is 17.4 Å². The second-order valence-electron chi connectivity index (χ2n) is 3.38. The summed E-state index contributed by atoms with van der Waals surface area (Å²) >= 11 is 0. The van der Waals surface area contributed by atoms with Crippen LogP contribution in [0.15, 0.2) is 10.6 Å². The van der Waals surface area contributed by atoms with Gasteiger partial charge in [-0.2, -0.15) is 0 Å². The van der Waals surface area contributed by atoms with Crippen molar-refractivity contribution in [2.75, 3.05) is 13.1 Å². The van der Waals surface area contributed by atoms with Gasteiger partial charge in [-0.15, -0.1) is 0 Å². The van der Waals surface area contributed by atoms with E-state index in [1.54, 1.807) is 4.90 Å². The number of carboxylic acids is 1. The average Bonchev–Trinajstić information content (AvgIpc) is 2.88.